The minimum absolute atomic E-state index is 0. The normalized spacial score (nSPS) is 11.9. The SMILES string of the molecule is CC(C)C(N)CCN(C)C(=O)Cn1nnc(-c2ccc(Cl)cc2)n1.Cl. The van der Waals surface area contributed by atoms with Crippen molar-refractivity contribution in [2.24, 2.45) is 11.7 Å². The molecule has 138 valence electrons. The maximum absolute atomic E-state index is 12.2. The zero-order valence-corrected chi connectivity index (χ0v) is 16.2. The standard InChI is InChI=1S/C16H23ClN6O.ClH/c1-11(2)14(18)8-9-22(3)15(24)10-23-20-16(19-21-23)12-4-6-13(17)7-5-12;/h4-7,11,14H,8-10,18H2,1-3H3;1H. The van der Waals surface area contributed by atoms with Crippen molar-refractivity contribution in [3.63, 3.8) is 0 Å². The van der Waals surface area contributed by atoms with Gasteiger partial charge in [0.05, 0.1) is 0 Å². The number of benzene rings is 1. The third-order valence-electron chi connectivity index (χ3n) is 3.91. The monoisotopic (exact) mass is 386 g/mol. The summed E-state index contributed by atoms with van der Waals surface area (Å²) < 4.78 is 0. The number of amides is 1. The molecule has 9 heteroatoms. The van der Waals surface area contributed by atoms with Crippen molar-refractivity contribution in [3.05, 3.63) is 29.3 Å². The fourth-order valence-electron chi connectivity index (χ4n) is 2.07. The number of halogens is 2. The first-order valence-corrected chi connectivity index (χ1v) is 8.28. The molecule has 0 saturated carbocycles. The molecule has 2 N–H and O–H groups in total. The molecule has 0 saturated heterocycles. The Morgan fingerprint density at radius 1 is 1.32 bits per heavy atom. The van der Waals surface area contributed by atoms with Crippen molar-refractivity contribution >= 4 is 29.9 Å². The van der Waals surface area contributed by atoms with E-state index in [4.69, 9.17) is 17.3 Å². The van der Waals surface area contributed by atoms with Gasteiger partial charge in [0, 0.05) is 30.2 Å². The molecule has 1 aromatic heterocycles. The maximum Gasteiger partial charge on any atom is 0.245 e. The van der Waals surface area contributed by atoms with Gasteiger partial charge in [0.25, 0.3) is 0 Å². The molecule has 1 unspecified atom stereocenters. The Kier molecular flexibility index (Phi) is 8.28. The highest BCUT2D eigenvalue weighted by Crippen LogP contribution is 2.16. The molecule has 0 aliphatic heterocycles. The maximum atomic E-state index is 12.2. The van der Waals surface area contributed by atoms with E-state index in [0.29, 0.717) is 23.3 Å². The second-order valence-corrected chi connectivity index (χ2v) is 6.60. The van der Waals surface area contributed by atoms with Crippen LogP contribution in [0.1, 0.15) is 20.3 Å². The summed E-state index contributed by atoms with van der Waals surface area (Å²) in [7, 11) is 1.76. The number of rotatable bonds is 7. The Morgan fingerprint density at radius 2 is 1.96 bits per heavy atom. The summed E-state index contributed by atoms with van der Waals surface area (Å²) in [6.45, 7) is 4.80. The third-order valence-corrected chi connectivity index (χ3v) is 4.16. The van der Waals surface area contributed by atoms with E-state index in [1.54, 1.807) is 24.1 Å². The Balaban J connectivity index is 0.00000312. The Bertz CT molecular complexity index is 674. The van der Waals surface area contributed by atoms with Crippen molar-refractivity contribution in [2.45, 2.75) is 32.9 Å². The second-order valence-electron chi connectivity index (χ2n) is 6.16. The van der Waals surface area contributed by atoms with Gasteiger partial charge in [0.1, 0.15) is 6.54 Å². The van der Waals surface area contributed by atoms with Gasteiger partial charge in [-0.3, -0.25) is 4.79 Å². The number of hydrogen-bond acceptors (Lipinski definition) is 5. The van der Waals surface area contributed by atoms with E-state index in [2.05, 4.69) is 29.3 Å². The smallest absolute Gasteiger partial charge is 0.245 e. The summed E-state index contributed by atoms with van der Waals surface area (Å²) >= 11 is 5.86. The van der Waals surface area contributed by atoms with Crippen LogP contribution in [0.25, 0.3) is 11.4 Å². The molecule has 1 amide bonds. The topological polar surface area (TPSA) is 89.9 Å². The molecule has 0 spiro atoms. The van der Waals surface area contributed by atoms with E-state index in [-0.39, 0.29) is 30.9 Å². The van der Waals surface area contributed by atoms with Crippen molar-refractivity contribution < 1.29 is 4.79 Å². The Morgan fingerprint density at radius 3 is 2.56 bits per heavy atom. The number of nitrogens with two attached hydrogens (primary N) is 1. The van der Waals surface area contributed by atoms with E-state index >= 15 is 0 Å². The second kappa shape index (κ2) is 9.70. The van der Waals surface area contributed by atoms with Gasteiger partial charge in [-0.05, 0) is 41.8 Å². The average Bonchev–Trinajstić information content (AvgIpc) is 3.01. The van der Waals surface area contributed by atoms with E-state index in [9.17, 15) is 4.79 Å². The molecule has 0 aliphatic rings. The van der Waals surface area contributed by atoms with Crippen LogP contribution in [0.15, 0.2) is 24.3 Å². The highest BCUT2D eigenvalue weighted by molar-refractivity contribution is 6.30. The van der Waals surface area contributed by atoms with E-state index in [1.165, 1.54) is 4.80 Å². The molecule has 25 heavy (non-hydrogen) atoms. The first kappa shape index (κ1) is 21.3. The molecular formula is C16H24Cl2N6O. The summed E-state index contributed by atoms with van der Waals surface area (Å²) in [5, 5.41) is 12.8. The number of hydrogen-bond donors (Lipinski definition) is 1. The molecule has 0 radical (unpaired) electrons. The van der Waals surface area contributed by atoms with Crippen LogP contribution in [-0.2, 0) is 11.3 Å². The Hall–Kier alpha value is -1.70. The van der Waals surface area contributed by atoms with E-state index < -0.39 is 0 Å². The van der Waals surface area contributed by atoms with Crippen LogP contribution in [0, 0.1) is 5.92 Å². The molecule has 1 heterocycles. The fraction of sp³-hybridized carbons (Fsp3) is 0.500. The molecule has 1 atom stereocenters. The van der Waals surface area contributed by atoms with E-state index in [0.717, 1.165) is 12.0 Å². The molecule has 0 aliphatic carbocycles. The predicted molar refractivity (Wildman–Crippen MR) is 101 cm³/mol. The van der Waals surface area contributed by atoms with Gasteiger partial charge in [-0.25, -0.2) is 0 Å². The quantitative estimate of drug-likeness (QED) is 0.787. The molecule has 2 aromatic rings. The first-order valence-electron chi connectivity index (χ1n) is 7.90. The summed E-state index contributed by atoms with van der Waals surface area (Å²) in [6, 6.07) is 7.22. The molecule has 0 bridgehead atoms. The predicted octanol–water partition coefficient (Wildman–Crippen LogP) is 2.25. The first-order chi connectivity index (χ1) is 11.4. The number of aromatic nitrogens is 4. The lowest BCUT2D eigenvalue weighted by atomic mass is 10.0. The van der Waals surface area contributed by atoms with Gasteiger partial charge >= 0.3 is 0 Å². The van der Waals surface area contributed by atoms with Crippen LogP contribution in [-0.4, -0.2) is 50.6 Å². The van der Waals surface area contributed by atoms with Crippen molar-refractivity contribution in [1.29, 1.82) is 0 Å². The number of carbonyl (C=O) groups excluding carboxylic acids is 1. The van der Waals surface area contributed by atoms with Crippen LogP contribution in [0.2, 0.25) is 5.02 Å². The number of nitrogens with zero attached hydrogens (tertiary/aromatic N) is 5. The summed E-state index contributed by atoms with van der Waals surface area (Å²) in [4.78, 5) is 15.2. The van der Waals surface area contributed by atoms with Crippen LogP contribution in [0.3, 0.4) is 0 Å². The minimum atomic E-state index is -0.0778. The summed E-state index contributed by atoms with van der Waals surface area (Å²) in [5.41, 5.74) is 6.81. The highest BCUT2D eigenvalue weighted by atomic mass is 35.5. The molecule has 1 aromatic carbocycles. The van der Waals surface area contributed by atoms with Crippen LogP contribution in [0.4, 0.5) is 0 Å². The van der Waals surface area contributed by atoms with Crippen LogP contribution >= 0.6 is 24.0 Å². The van der Waals surface area contributed by atoms with Gasteiger partial charge in [0.2, 0.25) is 11.7 Å². The van der Waals surface area contributed by atoms with E-state index in [1.807, 2.05) is 12.1 Å². The van der Waals surface area contributed by atoms with Crippen LogP contribution < -0.4 is 5.73 Å². The summed E-state index contributed by atoms with van der Waals surface area (Å²) in [5.74, 6) is 0.780. The minimum Gasteiger partial charge on any atom is -0.344 e. The molecule has 0 fully saturated rings. The average molecular weight is 387 g/mol. The van der Waals surface area contributed by atoms with Gasteiger partial charge in [0.15, 0.2) is 0 Å². The van der Waals surface area contributed by atoms with Gasteiger partial charge in [-0.15, -0.1) is 22.6 Å². The number of tetrazole rings is 1. The van der Waals surface area contributed by atoms with Gasteiger partial charge in [-0.1, -0.05) is 25.4 Å². The lowest BCUT2D eigenvalue weighted by Crippen LogP contribution is -2.36. The van der Waals surface area contributed by atoms with Crippen LogP contribution in [0.5, 0.6) is 0 Å². The lowest BCUT2D eigenvalue weighted by Gasteiger charge is -2.21. The van der Waals surface area contributed by atoms with Gasteiger partial charge in [-0.2, -0.15) is 4.80 Å². The number of likely N-dealkylation sites (N-methyl/N-ethyl adjacent to an activating group) is 1. The largest absolute Gasteiger partial charge is 0.344 e. The highest BCUT2D eigenvalue weighted by Gasteiger charge is 2.15. The van der Waals surface area contributed by atoms with Crippen molar-refractivity contribution in [1.82, 2.24) is 25.1 Å². The number of carbonyl (C=O) groups is 1. The molecule has 2 rings (SSSR count). The van der Waals surface area contributed by atoms with Crippen molar-refractivity contribution in [2.75, 3.05) is 13.6 Å². The zero-order valence-electron chi connectivity index (χ0n) is 14.6. The van der Waals surface area contributed by atoms with Crippen molar-refractivity contribution in [3.8, 4) is 11.4 Å². The summed E-state index contributed by atoms with van der Waals surface area (Å²) in [6.07, 6.45) is 0.765. The van der Waals surface area contributed by atoms with Gasteiger partial charge < -0.3 is 10.6 Å². The molecule has 7 nitrogen and oxygen atoms in total. The Labute approximate surface area is 158 Å². The zero-order chi connectivity index (χ0) is 17.7. The molecular weight excluding hydrogens is 363 g/mol. The third kappa shape index (κ3) is 6.26. The lowest BCUT2D eigenvalue weighted by molar-refractivity contribution is -0.131. The fourth-order valence-corrected chi connectivity index (χ4v) is 2.19.